The molecule has 2 heterocycles. The highest BCUT2D eigenvalue weighted by Crippen LogP contribution is 2.39. The number of carbonyl (C=O) groups excluding carboxylic acids is 1. The van der Waals surface area contributed by atoms with Crippen LogP contribution in [0.4, 0.5) is 4.79 Å². The number of carbonyl (C=O) groups is 1. The Balaban J connectivity index is 1.46. The van der Waals surface area contributed by atoms with E-state index in [4.69, 9.17) is 4.52 Å². The molecule has 23 heavy (non-hydrogen) atoms. The Labute approximate surface area is 138 Å². The second kappa shape index (κ2) is 6.93. The van der Waals surface area contributed by atoms with Crippen LogP contribution in [-0.4, -0.2) is 35.2 Å². The molecular weight excluding hydrogens is 290 g/mol. The molecule has 1 aliphatic carbocycles. The summed E-state index contributed by atoms with van der Waals surface area (Å²) in [6.45, 7) is 7.85. The average molecular weight is 319 g/mol. The van der Waals surface area contributed by atoms with Crippen LogP contribution >= 0.6 is 0 Å². The minimum absolute atomic E-state index is 0.130. The van der Waals surface area contributed by atoms with Crippen molar-refractivity contribution in [3.63, 3.8) is 0 Å². The SMILES string of the molecule is Cc1noc(C)c1CCCNC(=O)N1C[C@H](C)[C@H]2CCCC[C@H]21. The van der Waals surface area contributed by atoms with E-state index in [1.165, 1.54) is 31.2 Å². The minimum Gasteiger partial charge on any atom is -0.361 e. The van der Waals surface area contributed by atoms with E-state index in [0.717, 1.165) is 36.8 Å². The third-order valence-electron chi connectivity index (χ3n) is 5.72. The third kappa shape index (κ3) is 3.38. The molecule has 1 aromatic heterocycles. The van der Waals surface area contributed by atoms with Crippen LogP contribution in [-0.2, 0) is 6.42 Å². The summed E-state index contributed by atoms with van der Waals surface area (Å²) in [6.07, 6.45) is 6.90. The fourth-order valence-corrected chi connectivity index (χ4v) is 4.43. The number of hydrogen-bond donors (Lipinski definition) is 1. The van der Waals surface area contributed by atoms with Crippen LogP contribution in [0.3, 0.4) is 0 Å². The smallest absolute Gasteiger partial charge is 0.317 e. The highest BCUT2D eigenvalue weighted by Gasteiger charge is 2.42. The molecule has 3 atom stereocenters. The molecule has 5 nitrogen and oxygen atoms in total. The molecule has 2 fully saturated rings. The van der Waals surface area contributed by atoms with Crippen molar-refractivity contribution >= 4 is 6.03 Å². The van der Waals surface area contributed by atoms with Gasteiger partial charge in [-0.3, -0.25) is 0 Å². The van der Waals surface area contributed by atoms with Crippen molar-refractivity contribution < 1.29 is 9.32 Å². The molecule has 0 spiro atoms. The Bertz CT molecular complexity index is 535. The van der Waals surface area contributed by atoms with E-state index in [9.17, 15) is 4.79 Å². The summed E-state index contributed by atoms with van der Waals surface area (Å²) >= 11 is 0. The lowest BCUT2D eigenvalue weighted by Crippen LogP contribution is -2.45. The van der Waals surface area contributed by atoms with Gasteiger partial charge in [-0.15, -0.1) is 0 Å². The molecule has 1 aromatic rings. The van der Waals surface area contributed by atoms with Crippen molar-refractivity contribution in [2.75, 3.05) is 13.1 Å². The zero-order valence-corrected chi connectivity index (χ0v) is 14.6. The van der Waals surface area contributed by atoms with Gasteiger partial charge < -0.3 is 14.7 Å². The Hall–Kier alpha value is -1.52. The first-order valence-electron chi connectivity index (χ1n) is 9.04. The summed E-state index contributed by atoms with van der Waals surface area (Å²) in [5, 5.41) is 7.09. The largest absolute Gasteiger partial charge is 0.361 e. The Morgan fingerprint density at radius 3 is 2.87 bits per heavy atom. The molecule has 3 rings (SSSR count). The van der Waals surface area contributed by atoms with E-state index in [1.54, 1.807) is 0 Å². The van der Waals surface area contributed by atoms with Crippen molar-refractivity contribution in [1.29, 1.82) is 0 Å². The zero-order valence-electron chi connectivity index (χ0n) is 14.6. The van der Waals surface area contributed by atoms with Crippen molar-refractivity contribution in [2.24, 2.45) is 11.8 Å². The Kier molecular flexibility index (Phi) is 4.93. The molecule has 5 heteroatoms. The van der Waals surface area contributed by atoms with Gasteiger partial charge in [0.1, 0.15) is 5.76 Å². The monoisotopic (exact) mass is 319 g/mol. The standard InChI is InChI=1S/C18H29N3O2/c1-12-11-21(17-9-5-4-7-15(12)17)18(22)19-10-6-8-16-13(2)20-23-14(16)3/h12,15,17H,4-11H2,1-3H3,(H,19,22)/t12-,15+,17+/m0/s1. The molecule has 1 saturated carbocycles. The van der Waals surface area contributed by atoms with Crippen molar-refractivity contribution in [2.45, 2.75) is 65.3 Å². The first-order chi connectivity index (χ1) is 11.1. The quantitative estimate of drug-likeness (QED) is 0.865. The highest BCUT2D eigenvalue weighted by atomic mass is 16.5. The van der Waals surface area contributed by atoms with E-state index >= 15 is 0 Å². The summed E-state index contributed by atoms with van der Waals surface area (Å²) in [5.41, 5.74) is 2.15. The summed E-state index contributed by atoms with van der Waals surface area (Å²) < 4.78 is 5.18. The van der Waals surface area contributed by atoms with Crippen LogP contribution in [0.2, 0.25) is 0 Å². The van der Waals surface area contributed by atoms with Crippen molar-refractivity contribution in [3.8, 4) is 0 Å². The molecule has 1 saturated heterocycles. The first-order valence-corrected chi connectivity index (χ1v) is 9.04. The molecule has 0 radical (unpaired) electrons. The van der Waals surface area contributed by atoms with E-state index in [2.05, 4.69) is 22.3 Å². The number of nitrogens with one attached hydrogen (secondary N) is 1. The molecule has 0 aromatic carbocycles. The van der Waals surface area contributed by atoms with Crippen LogP contribution in [0.15, 0.2) is 4.52 Å². The van der Waals surface area contributed by atoms with Crippen LogP contribution in [0.25, 0.3) is 0 Å². The van der Waals surface area contributed by atoms with Gasteiger partial charge in [-0.25, -0.2) is 4.79 Å². The lowest BCUT2D eigenvalue weighted by Gasteiger charge is -2.32. The number of rotatable bonds is 4. The number of aromatic nitrogens is 1. The van der Waals surface area contributed by atoms with Crippen LogP contribution < -0.4 is 5.32 Å². The normalized spacial score (nSPS) is 27.1. The summed E-state index contributed by atoms with van der Waals surface area (Å²) in [4.78, 5) is 14.6. The van der Waals surface area contributed by atoms with Crippen molar-refractivity contribution in [1.82, 2.24) is 15.4 Å². The molecule has 128 valence electrons. The van der Waals surface area contributed by atoms with Crippen molar-refractivity contribution in [3.05, 3.63) is 17.0 Å². The van der Waals surface area contributed by atoms with Gasteiger partial charge in [0, 0.05) is 24.7 Å². The molecular formula is C18H29N3O2. The van der Waals surface area contributed by atoms with Gasteiger partial charge in [0.25, 0.3) is 0 Å². The molecule has 2 aliphatic rings. The number of fused-ring (bicyclic) bond motifs is 1. The maximum atomic E-state index is 12.5. The maximum Gasteiger partial charge on any atom is 0.317 e. The summed E-state index contributed by atoms with van der Waals surface area (Å²) in [7, 11) is 0. The van der Waals surface area contributed by atoms with E-state index in [0.29, 0.717) is 18.5 Å². The number of aryl methyl sites for hydroxylation is 2. The topological polar surface area (TPSA) is 58.4 Å². The van der Waals surface area contributed by atoms with E-state index in [-0.39, 0.29) is 6.03 Å². The fourth-order valence-electron chi connectivity index (χ4n) is 4.43. The van der Waals surface area contributed by atoms with Gasteiger partial charge in [-0.2, -0.15) is 0 Å². The lowest BCUT2D eigenvalue weighted by molar-refractivity contribution is 0.169. The van der Waals surface area contributed by atoms with Crippen LogP contribution in [0.5, 0.6) is 0 Å². The van der Waals surface area contributed by atoms with Gasteiger partial charge in [-0.1, -0.05) is 24.9 Å². The predicted molar refractivity (Wildman–Crippen MR) is 89.3 cm³/mol. The Morgan fingerprint density at radius 2 is 2.13 bits per heavy atom. The summed E-state index contributed by atoms with van der Waals surface area (Å²) in [6, 6.07) is 0.603. The molecule has 0 unspecified atom stereocenters. The second-order valence-corrected chi connectivity index (χ2v) is 7.28. The lowest BCUT2D eigenvalue weighted by atomic mass is 9.80. The zero-order chi connectivity index (χ0) is 16.4. The average Bonchev–Trinajstić information content (AvgIpc) is 3.05. The predicted octanol–water partition coefficient (Wildman–Crippen LogP) is 3.44. The highest BCUT2D eigenvalue weighted by molar-refractivity contribution is 5.75. The van der Waals surface area contributed by atoms with Gasteiger partial charge in [-0.05, 0) is 51.4 Å². The minimum atomic E-state index is 0.130. The third-order valence-corrected chi connectivity index (χ3v) is 5.72. The molecule has 2 amide bonds. The maximum absolute atomic E-state index is 12.5. The molecule has 0 bridgehead atoms. The summed E-state index contributed by atoms with van der Waals surface area (Å²) in [5.74, 6) is 2.26. The number of nitrogens with zero attached hydrogens (tertiary/aromatic N) is 2. The van der Waals surface area contributed by atoms with Crippen LogP contribution in [0.1, 0.15) is 56.0 Å². The first kappa shape index (κ1) is 16.3. The second-order valence-electron chi connectivity index (χ2n) is 7.28. The number of hydrogen-bond acceptors (Lipinski definition) is 3. The van der Waals surface area contributed by atoms with Gasteiger partial charge in [0.2, 0.25) is 0 Å². The molecule has 1 aliphatic heterocycles. The number of amides is 2. The van der Waals surface area contributed by atoms with Gasteiger partial charge >= 0.3 is 6.03 Å². The Morgan fingerprint density at radius 1 is 1.35 bits per heavy atom. The van der Waals surface area contributed by atoms with Crippen LogP contribution in [0, 0.1) is 25.7 Å². The van der Waals surface area contributed by atoms with E-state index < -0.39 is 0 Å². The van der Waals surface area contributed by atoms with E-state index in [1.807, 2.05) is 13.8 Å². The number of likely N-dealkylation sites (tertiary alicyclic amines) is 1. The van der Waals surface area contributed by atoms with Gasteiger partial charge in [0.15, 0.2) is 0 Å². The molecule has 1 N–H and O–H groups in total. The fraction of sp³-hybridized carbons (Fsp3) is 0.778. The number of urea groups is 1. The van der Waals surface area contributed by atoms with Gasteiger partial charge in [0.05, 0.1) is 5.69 Å².